The fourth-order valence-electron chi connectivity index (χ4n) is 0.901. The molecule has 0 heterocycles. The number of amides is 1. The van der Waals surface area contributed by atoms with Gasteiger partial charge in [-0.3, -0.25) is 9.59 Å². The summed E-state index contributed by atoms with van der Waals surface area (Å²) in [5.41, 5.74) is 0. The van der Waals surface area contributed by atoms with Crippen LogP contribution in [0.5, 0.6) is 0 Å². The summed E-state index contributed by atoms with van der Waals surface area (Å²) in [7, 11) is 0. The Bertz CT molecular complexity index is 155. The molecule has 3 nitrogen and oxygen atoms in total. The Morgan fingerprint density at radius 3 is 1.83 bits per heavy atom. The van der Waals surface area contributed by atoms with Crippen LogP contribution in [0.3, 0.4) is 0 Å². The zero-order valence-corrected chi connectivity index (χ0v) is 8.63. The molecule has 73 valence electrons. The van der Waals surface area contributed by atoms with E-state index >= 15 is 0 Å². The Kier molecular flexibility index (Phi) is 8.66. The van der Waals surface area contributed by atoms with Gasteiger partial charge < -0.3 is 4.90 Å². The van der Waals surface area contributed by atoms with E-state index in [2.05, 4.69) is 0 Å². The predicted octanol–water partition coefficient (Wildman–Crippen LogP) is 0.831. The van der Waals surface area contributed by atoms with Crippen molar-refractivity contribution in [3.63, 3.8) is 0 Å². The molecule has 1 radical (unpaired) electrons. The first-order valence-corrected chi connectivity index (χ1v) is 3.89. The van der Waals surface area contributed by atoms with E-state index in [9.17, 15) is 9.59 Å². The summed E-state index contributed by atoms with van der Waals surface area (Å²) in [4.78, 5) is 23.3. The van der Waals surface area contributed by atoms with E-state index in [0.717, 1.165) is 0 Å². The van der Waals surface area contributed by atoms with Crippen LogP contribution in [0.25, 0.3) is 0 Å². The number of nitrogens with zero attached hydrogens (tertiary/aromatic N) is 1. The zero-order valence-electron chi connectivity index (χ0n) is 7.69. The average molecular weight is 221 g/mol. The van der Waals surface area contributed by atoms with Crippen molar-refractivity contribution in [2.45, 2.75) is 27.2 Å². The Morgan fingerprint density at radius 2 is 1.58 bits per heavy atom. The topological polar surface area (TPSA) is 37.4 Å². The van der Waals surface area contributed by atoms with Gasteiger partial charge in [0.15, 0.2) is 0 Å². The SMILES string of the molecule is CCN(CC)C(=O)CC(C)=O.[Cu+2]. The average Bonchev–Trinajstić information content (AvgIpc) is 1.88. The van der Waals surface area contributed by atoms with E-state index in [1.807, 2.05) is 13.8 Å². The van der Waals surface area contributed by atoms with E-state index in [1.165, 1.54) is 6.92 Å². The Morgan fingerprint density at radius 1 is 1.17 bits per heavy atom. The molecule has 0 atom stereocenters. The van der Waals surface area contributed by atoms with Crippen molar-refractivity contribution in [2.75, 3.05) is 13.1 Å². The monoisotopic (exact) mass is 220 g/mol. The summed E-state index contributed by atoms with van der Waals surface area (Å²) in [6.07, 6.45) is 0.0433. The second-order valence-electron chi connectivity index (χ2n) is 2.44. The summed E-state index contributed by atoms with van der Waals surface area (Å²) < 4.78 is 0. The molecule has 4 heteroatoms. The van der Waals surface area contributed by atoms with Gasteiger partial charge >= 0.3 is 17.1 Å². The first-order valence-electron chi connectivity index (χ1n) is 3.89. The Hall–Kier alpha value is -0.341. The normalized spacial score (nSPS) is 8.58. The van der Waals surface area contributed by atoms with E-state index in [0.29, 0.717) is 13.1 Å². The maximum atomic E-state index is 11.1. The molecule has 0 aromatic carbocycles. The van der Waals surface area contributed by atoms with Crippen LogP contribution in [-0.2, 0) is 26.7 Å². The molecule has 0 N–H and O–H groups in total. The Balaban J connectivity index is 0. The molecule has 0 saturated heterocycles. The number of rotatable bonds is 4. The quantitative estimate of drug-likeness (QED) is 0.520. The summed E-state index contributed by atoms with van der Waals surface area (Å²) in [5.74, 6) is -0.135. The van der Waals surface area contributed by atoms with Gasteiger partial charge in [0.1, 0.15) is 5.78 Å². The molecular formula is C8H15CuNO2+2. The van der Waals surface area contributed by atoms with Crippen LogP contribution in [0.4, 0.5) is 0 Å². The zero-order chi connectivity index (χ0) is 8.85. The second-order valence-corrected chi connectivity index (χ2v) is 2.44. The molecule has 12 heavy (non-hydrogen) atoms. The molecule has 0 unspecified atom stereocenters. The van der Waals surface area contributed by atoms with Crippen molar-refractivity contribution in [3.05, 3.63) is 0 Å². The molecule has 0 aliphatic heterocycles. The molecule has 0 aliphatic carbocycles. The molecule has 1 amide bonds. The maximum Gasteiger partial charge on any atom is 2.00 e. The third-order valence-electron chi connectivity index (χ3n) is 1.52. The van der Waals surface area contributed by atoms with Crippen LogP contribution in [0, 0.1) is 0 Å². The van der Waals surface area contributed by atoms with Crippen LogP contribution >= 0.6 is 0 Å². The number of ketones is 1. The van der Waals surface area contributed by atoms with Crippen molar-refractivity contribution >= 4 is 11.7 Å². The smallest absolute Gasteiger partial charge is 0.343 e. The third-order valence-corrected chi connectivity index (χ3v) is 1.52. The van der Waals surface area contributed by atoms with Gasteiger partial charge in [-0.2, -0.15) is 0 Å². The van der Waals surface area contributed by atoms with Gasteiger partial charge in [0, 0.05) is 13.1 Å². The van der Waals surface area contributed by atoms with Gasteiger partial charge in [0.2, 0.25) is 5.91 Å². The van der Waals surface area contributed by atoms with Gasteiger partial charge in [-0.1, -0.05) is 0 Å². The molecular weight excluding hydrogens is 206 g/mol. The minimum absolute atomic E-state index is 0. The number of carbonyl (C=O) groups is 2. The molecule has 0 fully saturated rings. The van der Waals surface area contributed by atoms with Crippen LogP contribution in [-0.4, -0.2) is 29.7 Å². The van der Waals surface area contributed by atoms with Crippen molar-refractivity contribution in [2.24, 2.45) is 0 Å². The standard InChI is InChI=1S/C8H15NO2.Cu/c1-4-9(5-2)8(11)6-7(3)10;/h4-6H2,1-3H3;/q;+2. The van der Waals surface area contributed by atoms with Crippen LogP contribution in [0.15, 0.2) is 0 Å². The van der Waals surface area contributed by atoms with Crippen molar-refractivity contribution < 1.29 is 26.7 Å². The van der Waals surface area contributed by atoms with Gasteiger partial charge in [-0.15, -0.1) is 0 Å². The first kappa shape index (κ1) is 14.2. The summed E-state index contributed by atoms with van der Waals surface area (Å²) in [6.45, 7) is 6.61. The maximum absolute atomic E-state index is 11.1. The Labute approximate surface area is 84.0 Å². The number of hydrogen-bond donors (Lipinski definition) is 0. The number of carbonyl (C=O) groups excluding carboxylic acids is 2. The number of hydrogen-bond acceptors (Lipinski definition) is 2. The van der Waals surface area contributed by atoms with Gasteiger partial charge in [-0.25, -0.2) is 0 Å². The fourth-order valence-corrected chi connectivity index (χ4v) is 0.901. The largest absolute Gasteiger partial charge is 2.00 e. The van der Waals surface area contributed by atoms with Crippen LogP contribution < -0.4 is 0 Å². The van der Waals surface area contributed by atoms with Crippen molar-refractivity contribution in [3.8, 4) is 0 Å². The van der Waals surface area contributed by atoms with Gasteiger partial charge in [-0.05, 0) is 20.8 Å². The van der Waals surface area contributed by atoms with E-state index in [-0.39, 0.29) is 35.2 Å². The van der Waals surface area contributed by atoms with E-state index in [4.69, 9.17) is 0 Å². The number of Topliss-reactive ketones (excluding diaryl/α,β-unsaturated/α-hetero) is 1. The molecule has 0 aromatic rings. The molecule has 0 saturated carbocycles. The predicted molar refractivity (Wildman–Crippen MR) is 43.2 cm³/mol. The van der Waals surface area contributed by atoms with E-state index in [1.54, 1.807) is 4.90 Å². The molecule has 0 spiro atoms. The third kappa shape index (κ3) is 5.33. The van der Waals surface area contributed by atoms with Crippen LogP contribution in [0.2, 0.25) is 0 Å². The van der Waals surface area contributed by atoms with Crippen molar-refractivity contribution in [1.82, 2.24) is 4.90 Å². The molecule has 0 aliphatic rings. The minimum atomic E-state index is -0.0677. The summed E-state index contributed by atoms with van der Waals surface area (Å²) in [5, 5.41) is 0. The summed E-state index contributed by atoms with van der Waals surface area (Å²) in [6, 6.07) is 0. The molecule has 0 aromatic heterocycles. The van der Waals surface area contributed by atoms with Crippen molar-refractivity contribution in [1.29, 1.82) is 0 Å². The second kappa shape index (κ2) is 7.32. The van der Waals surface area contributed by atoms with Gasteiger partial charge in [0.05, 0.1) is 6.42 Å². The van der Waals surface area contributed by atoms with Gasteiger partial charge in [0.25, 0.3) is 0 Å². The van der Waals surface area contributed by atoms with Crippen LogP contribution in [0.1, 0.15) is 27.2 Å². The summed E-state index contributed by atoms with van der Waals surface area (Å²) >= 11 is 0. The molecule has 0 rings (SSSR count). The first-order chi connectivity index (χ1) is 5.11. The molecule has 0 bridgehead atoms. The van der Waals surface area contributed by atoms with E-state index < -0.39 is 0 Å². The fraction of sp³-hybridized carbons (Fsp3) is 0.750. The minimum Gasteiger partial charge on any atom is -0.343 e.